The summed E-state index contributed by atoms with van der Waals surface area (Å²) in [6.45, 7) is 0.964. The zero-order valence-corrected chi connectivity index (χ0v) is 19.9. The third kappa shape index (κ3) is 7.23. The molecule has 0 saturated carbocycles. The molecule has 4 N–H and O–H groups in total. The molecule has 11 heteroatoms. The van der Waals surface area contributed by atoms with Crippen LogP contribution in [0.25, 0.3) is 6.08 Å². The fraction of sp³-hybridized carbons (Fsp3) is 0.333. The highest BCUT2D eigenvalue weighted by molar-refractivity contribution is 6.31. The molecule has 0 unspecified atom stereocenters. The Labute approximate surface area is 207 Å². The fourth-order valence-corrected chi connectivity index (χ4v) is 3.83. The third-order valence-corrected chi connectivity index (χ3v) is 5.88. The smallest absolute Gasteiger partial charge is 0.345 e. The van der Waals surface area contributed by atoms with Gasteiger partial charge in [0.25, 0.3) is 0 Å². The van der Waals surface area contributed by atoms with E-state index in [9.17, 15) is 24.2 Å². The molecule has 1 aliphatic rings. The van der Waals surface area contributed by atoms with Gasteiger partial charge in [0.15, 0.2) is 0 Å². The molecule has 0 aliphatic carbocycles. The van der Waals surface area contributed by atoms with Gasteiger partial charge >= 0.3 is 6.03 Å². The number of aliphatic hydroxyl groups excluding tert-OH is 2. The second-order valence-electron chi connectivity index (χ2n) is 8.02. The van der Waals surface area contributed by atoms with Crippen molar-refractivity contribution in [2.45, 2.75) is 38.6 Å². The number of amides is 3. The molecule has 0 spiro atoms. The van der Waals surface area contributed by atoms with Gasteiger partial charge in [-0.3, -0.25) is 19.5 Å². The molecule has 0 radical (unpaired) electrons. The van der Waals surface area contributed by atoms with E-state index < -0.39 is 36.5 Å². The minimum atomic E-state index is -1.14. The van der Waals surface area contributed by atoms with Crippen molar-refractivity contribution in [3.05, 3.63) is 76.2 Å². The second-order valence-corrected chi connectivity index (χ2v) is 8.40. The highest BCUT2D eigenvalue weighted by atomic mass is 35.5. The summed E-state index contributed by atoms with van der Waals surface area (Å²) < 4.78 is 13.7. The second kappa shape index (κ2) is 12.6. The number of carbonyl (C=O) groups is 2. The number of fused-ring (bicyclic) bond motifs is 1. The van der Waals surface area contributed by atoms with Crippen LogP contribution in [0.4, 0.5) is 9.18 Å². The predicted octanol–water partition coefficient (Wildman–Crippen LogP) is 2.57. The molecule has 0 bridgehead atoms. The summed E-state index contributed by atoms with van der Waals surface area (Å²) in [4.78, 5) is 31.7. The van der Waals surface area contributed by atoms with Crippen LogP contribution >= 0.6 is 11.6 Å². The van der Waals surface area contributed by atoms with Crippen molar-refractivity contribution in [3.8, 4) is 0 Å². The van der Waals surface area contributed by atoms with E-state index in [2.05, 4.69) is 10.9 Å². The number of hydrogen-bond donors (Lipinski definition) is 4. The third-order valence-electron chi connectivity index (χ3n) is 5.46. The Bertz CT molecular complexity index is 1070. The molecule has 0 saturated heterocycles. The van der Waals surface area contributed by atoms with Crippen molar-refractivity contribution in [2.24, 2.45) is 0 Å². The van der Waals surface area contributed by atoms with Crippen molar-refractivity contribution in [1.82, 2.24) is 20.8 Å². The van der Waals surface area contributed by atoms with E-state index in [4.69, 9.17) is 16.4 Å². The molecular formula is C24H28ClFN4O5. The van der Waals surface area contributed by atoms with Crippen molar-refractivity contribution in [1.29, 1.82) is 0 Å². The molecule has 1 aliphatic heterocycles. The number of urea groups is 1. The lowest BCUT2D eigenvalue weighted by Gasteiger charge is -2.32. The summed E-state index contributed by atoms with van der Waals surface area (Å²) >= 11 is 5.99. The van der Waals surface area contributed by atoms with E-state index in [1.807, 2.05) is 30.3 Å². The maximum atomic E-state index is 13.7. The molecule has 2 aromatic rings. The summed E-state index contributed by atoms with van der Waals surface area (Å²) in [5.74, 6) is -1.01. The van der Waals surface area contributed by atoms with Crippen LogP contribution in [0.2, 0.25) is 5.02 Å². The molecular weight excluding hydrogens is 479 g/mol. The van der Waals surface area contributed by atoms with Crippen LogP contribution in [-0.4, -0.2) is 57.4 Å². The van der Waals surface area contributed by atoms with E-state index in [0.717, 1.165) is 11.1 Å². The van der Waals surface area contributed by atoms with Gasteiger partial charge in [-0.1, -0.05) is 48.0 Å². The number of benzene rings is 2. The van der Waals surface area contributed by atoms with Crippen LogP contribution in [0.5, 0.6) is 0 Å². The lowest BCUT2D eigenvalue weighted by molar-refractivity contribution is -0.139. The van der Waals surface area contributed by atoms with Crippen LogP contribution < -0.4 is 10.9 Å². The van der Waals surface area contributed by atoms with Crippen molar-refractivity contribution >= 4 is 29.6 Å². The van der Waals surface area contributed by atoms with Gasteiger partial charge in [0.2, 0.25) is 5.91 Å². The first-order valence-electron chi connectivity index (χ1n) is 11.0. The molecule has 3 rings (SSSR count). The topological polar surface area (TPSA) is 114 Å². The summed E-state index contributed by atoms with van der Waals surface area (Å²) in [7, 11) is 0. The summed E-state index contributed by atoms with van der Waals surface area (Å²) in [5, 5.41) is 20.4. The van der Waals surface area contributed by atoms with Gasteiger partial charge in [-0.15, -0.1) is 0 Å². The Morgan fingerprint density at radius 2 is 2.03 bits per heavy atom. The summed E-state index contributed by atoms with van der Waals surface area (Å²) in [6.07, 6.45) is 2.27. The highest BCUT2D eigenvalue weighted by Gasteiger charge is 2.26. The number of hydroxylamine groups is 1. The van der Waals surface area contributed by atoms with Crippen molar-refractivity contribution < 1.29 is 29.0 Å². The SMILES string of the molecule is CC(=O)N(NCc1cccc(F)c1Cl)[C@H](CONC(=O)N1C=Cc2ccccc2C1)C[C@H](O)CO. The molecule has 0 aromatic heterocycles. The largest absolute Gasteiger partial charge is 0.394 e. The Hall–Kier alpha value is -3.02. The maximum Gasteiger partial charge on any atom is 0.345 e. The highest BCUT2D eigenvalue weighted by Crippen LogP contribution is 2.21. The first-order valence-corrected chi connectivity index (χ1v) is 11.4. The molecule has 188 valence electrons. The van der Waals surface area contributed by atoms with Gasteiger partial charge in [0, 0.05) is 19.7 Å². The van der Waals surface area contributed by atoms with Gasteiger partial charge in [0.05, 0.1) is 36.9 Å². The van der Waals surface area contributed by atoms with Gasteiger partial charge in [-0.25, -0.2) is 20.1 Å². The van der Waals surface area contributed by atoms with Crippen LogP contribution in [0.3, 0.4) is 0 Å². The normalized spacial score (nSPS) is 14.3. The Balaban J connectivity index is 1.61. The Morgan fingerprint density at radius 3 is 2.77 bits per heavy atom. The molecule has 2 atom stereocenters. The lowest BCUT2D eigenvalue weighted by atomic mass is 10.0. The molecule has 2 aromatic carbocycles. The number of nitrogens with one attached hydrogen (secondary N) is 2. The number of rotatable bonds is 10. The zero-order valence-electron chi connectivity index (χ0n) is 19.2. The van der Waals surface area contributed by atoms with Gasteiger partial charge < -0.3 is 10.2 Å². The van der Waals surface area contributed by atoms with Crippen LogP contribution in [0.15, 0.2) is 48.7 Å². The summed E-state index contributed by atoms with van der Waals surface area (Å²) in [5.41, 5.74) is 7.65. The number of aliphatic hydroxyl groups is 2. The van der Waals surface area contributed by atoms with Crippen molar-refractivity contribution in [3.63, 3.8) is 0 Å². The van der Waals surface area contributed by atoms with Crippen LogP contribution in [0, 0.1) is 5.82 Å². The first-order chi connectivity index (χ1) is 16.8. The number of hydrogen-bond acceptors (Lipinski definition) is 6. The van der Waals surface area contributed by atoms with Crippen LogP contribution in [0.1, 0.15) is 30.0 Å². The minimum Gasteiger partial charge on any atom is -0.394 e. The average Bonchev–Trinajstić information content (AvgIpc) is 2.85. The number of hydrazine groups is 1. The van der Waals surface area contributed by atoms with Gasteiger partial charge in [-0.2, -0.15) is 0 Å². The Kier molecular flexibility index (Phi) is 9.58. The van der Waals surface area contributed by atoms with Gasteiger partial charge in [-0.05, 0) is 35.3 Å². The first kappa shape index (κ1) is 26.6. The van der Waals surface area contributed by atoms with Crippen LogP contribution in [-0.2, 0) is 22.7 Å². The van der Waals surface area contributed by atoms with Crippen molar-refractivity contribution in [2.75, 3.05) is 13.2 Å². The predicted molar refractivity (Wildman–Crippen MR) is 128 cm³/mol. The number of carbonyl (C=O) groups excluding carboxylic acids is 2. The molecule has 9 nitrogen and oxygen atoms in total. The van der Waals surface area contributed by atoms with E-state index in [1.165, 1.54) is 29.0 Å². The van der Waals surface area contributed by atoms with Gasteiger partial charge in [0.1, 0.15) is 5.82 Å². The zero-order chi connectivity index (χ0) is 25.4. The fourth-order valence-electron chi connectivity index (χ4n) is 3.63. The molecule has 35 heavy (non-hydrogen) atoms. The standard InChI is InChI=1S/C24H28ClFN4O5/c1-16(32)30(27-12-18-7-4-8-22(26)23(18)25)20(11-21(33)14-31)15-35-28-24(34)29-10-9-17-5-2-3-6-19(17)13-29/h2-10,20-21,27,31,33H,11-15H2,1H3,(H,28,34)/t20-,21-/m0/s1. The minimum absolute atomic E-state index is 0.0201. The number of nitrogens with zero attached hydrogens (tertiary/aromatic N) is 2. The number of halogens is 2. The molecule has 3 amide bonds. The quantitative estimate of drug-likeness (QED) is 0.368. The average molecular weight is 507 g/mol. The Morgan fingerprint density at radius 1 is 1.26 bits per heavy atom. The van der Waals surface area contributed by atoms with E-state index in [0.29, 0.717) is 12.1 Å². The monoisotopic (exact) mass is 506 g/mol. The van der Waals surface area contributed by atoms with E-state index in [-0.39, 0.29) is 24.6 Å². The maximum absolute atomic E-state index is 13.7. The summed E-state index contributed by atoms with van der Waals surface area (Å²) in [6, 6.07) is 10.7. The molecule has 0 fully saturated rings. The lowest BCUT2D eigenvalue weighted by Crippen LogP contribution is -2.52. The van der Waals surface area contributed by atoms with E-state index >= 15 is 0 Å². The molecule has 1 heterocycles. The van der Waals surface area contributed by atoms with E-state index in [1.54, 1.807) is 12.3 Å².